The molecule has 5 nitrogen and oxygen atoms in total. The number of nitrogens with zero attached hydrogens (tertiary/aromatic N) is 2. The summed E-state index contributed by atoms with van der Waals surface area (Å²) in [5, 5.41) is 0. The first-order chi connectivity index (χ1) is 8.97. The van der Waals surface area contributed by atoms with Crippen LogP contribution in [-0.4, -0.2) is 37.1 Å². The first-order valence-corrected chi connectivity index (χ1v) is 8.43. The highest BCUT2D eigenvalue weighted by Crippen LogP contribution is 2.26. The van der Waals surface area contributed by atoms with Crippen LogP contribution in [0.15, 0.2) is 24.4 Å². The third kappa shape index (κ3) is 3.99. The van der Waals surface area contributed by atoms with Gasteiger partial charge in [0.25, 0.3) is 0 Å². The number of aromatic nitrogens is 1. The van der Waals surface area contributed by atoms with E-state index in [4.69, 9.17) is 5.73 Å². The van der Waals surface area contributed by atoms with Crippen molar-refractivity contribution in [2.75, 3.05) is 19.3 Å². The standard InChI is InChI=1S/C13H21N3O2S/c1-19(17,18)16-8-4-5-11(10-16)9-12(14)13-6-2-3-7-15-13/h2-3,6-7,11-12H,4-5,8-10,14H2,1H3. The number of sulfonamides is 1. The lowest BCUT2D eigenvalue weighted by molar-refractivity contribution is 0.246. The minimum Gasteiger partial charge on any atom is -0.323 e. The zero-order chi connectivity index (χ0) is 13.9. The first-order valence-electron chi connectivity index (χ1n) is 6.58. The van der Waals surface area contributed by atoms with Crippen molar-refractivity contribution < 1.29 is 8.42 Å². The average molecular weight is 283 g/mol. The van der Waals surface area contributed by atoms with Gasteiger partial charge in [0.1, 0.15) is 0 Å². The molecule has 1 aliphatic rings. The van der Waals surface area contributed by atoms with Crippen molar-refractivity contribution in [3.05, 3.63) is 30.1 Å². The van der Waals surface area contributed by atoms with Crippen LogP contribution in [0.2, 0.25) is 0 Å². The van der Waals surface area contributed by atoms with Crippen LogP contribution in [0.3, 0.4) is 0 Å². The molecule has 1 aromatic heterocycles. The van der Waals surface area contributed by atoms with Crippen LogP contribution in [-0.2, 0) is 10.0 Å². The lowest BCUT2D eigenvalue weighted by atomic mass is 9.91. The molecule has 106 valence electrons. The van der Waals surface area contributed by atoms with Crippen molar-refractivity contribution in [3.8, 4) is 0 Å². The summed E-state index contributed by atoms with van der Waals surface area (Å²) in [6, 6.07) is 5.58. The number of rotatable bonds is 4. The zero-order valence-corrected chi connectivity index (χ0v) is 12.0. The molecule has 1 aliphatic heterocycles. The lowest BCUT2D eigenvalue weighted by Gasteiger charge is -2.32. The first kappa shape index (κ1) is 14.4. The molecule has 1 saturated heterocycles. The summed E-state index contributed by atoms with van der Waals surface area (Å²) < 4.78 is 24.7. The van der Waals surface area contributed by atoms with E-state index < -0.39 is 10.0 Å². The molecule has 1 fully saturated rings. The van der Waals surface area contributed by atoms with Gasteiger partial charge in [-0.25, -0.2) is 12.7 Å². The fraction of sp³-hybridized carbons (Fsp3) is 0.615. The Morgan fingerprint density at radius 3 is 2.95 bits per heavy atom. The third-order valence-corrected chi connectivity index (χ3v) is 4.88. The predicted molar refractivity (Wildman–Crippen MR) is 74.9 cm³/mol. The molecule has 2 unspecified atom stereocenters. The summed E-state index contributed by atoms with van der Waals surface area (Å²) in [7, 11) is -3.08. The number of hydrogen-bond donors (Lipinski definition) is 1. The Balaban J connectivity index is 1.96. The summed E-state index contributed by atoms with van der Waals surface area (Å²) in [6.07, 6.45) is 5.73. The smallest absolute Gasteiger partial charge is 0.211 e. The van der Waals surface area contributed by atoms with E-state index in [-0.39, 0.29) is 6.04 Å². The Bertz CT molecular complexity index is 504. The van der Waals surface area contributed by atoms with Crippen LogP contribution < -0.4 is 5.73 Å². The van der Waals surface area contributed by atoms with Gasteiger partial charge in [-0.1, -0.05) is 6.07 Å². The van der Waals surface area contributed by atoms with E-state index in [1.165, 1.54) is 6.26 Å². The second-order valence-corrected chi connectivity index (χ2v) is 7.21. The maximum absolute atomic E-state index is 11.6. The summed E-state index contributed by atoms with van der Waals surface area (Å²) in [5.41, 5.74) is 7.02. The molecule has 1 aromatic rings. The second-order valence-electron chi connectivity index (χ2n) is 5.23. The fourth-order valence-electron chi connectivity index (χ4n) is 2.60. The molecule has 2 atom stereocenters. The molecule has 0 spiro atoms. The Hall–Kier alpha value is -0.980. The molecule has 0 aliphatic carbocycles. The molecule has 19 heavy (non-hydrogen) atoms. The van der Waals surface area contributed by atoms with E-state index in [0.717, 1.165) is 25.0 Å². The van der Waals surface area contributed by atoms with Crippen molar-refractivity contribution in [2.24, 2.45) is 11.7 Å². The zero-order valence-electron chi connectivity index (χ0n) is 11.2. The molecule has 0 bridgehead atoms. The van der Waals surface area contributed by atoms with Crippen LogP contribution >= 0.6 is 0 Å². The third-order valence-electron chi connectivity index (χ3n) is 3.61. The van der Waals surface area contributed by atoms with E-state index >= 15 is 0 Å². The van der Waals surface area contributed by atoms with Gasteiger partial charge in [-0.15, -0.1) is 0 Å². The largest absolute Gasteiger partial charge is 0.323 e. The monoisotopic (exact) mass is 283 g/mol. The quantitative estimate of drug-likeness (QED) is 0.899. The Morgan fingerprint density at radius 1 is 1.53 bits per heavy atom. The summed E-state index contributed by atoms with van der Waals surface area (Å²) in [4.78, 5) is 4.26. The van der Waals surface area contributed by atoms with Crippen molar-refractivity contribution in [1.29, 1.82) is 0 Å². The van der Waals surface area contributed by atoms with Gasteiger partial charge in [-0.3, -0.25) is 4.98 Å². The number of piperidine rings is 1. The molecule has 0 radical (unpaired) electrons. The number of pyridine rings is 1. The molecule has 6 heteroatoms. The van der Waals surface area contributed by atoms with Gasteiger partial charge >= 0.3 is 0 Å². The van der Waals surface area contributed by atoms with Crippen molar-refractivity contribution >= 4 is 10.0 Å². The fourth-order valence-corrected chi connectivity index (χ4v) is 3.54. The molecule has 2 rings (SSSR count). The summed E-state index contributed by atoms with van der Waals surface area (Å²) >= 11 is 0. The highest BCUT2D eigenvalue weighted by Gasteiger charge is 2.27. The Morgan fingerprint density at radius 2 is 2.32 bits per heavy atom. The van der Waals surface area contributed by atoms with Crippen molar-refractivity contribution in [3.63, 3.8) is 0 Å². The summed E-state index contributed by atoms with van der Waals surface area (Å²) in [6.45, 7) is 1.22. The van der Waals surface area contributed by atoms with E-state index in [2.05, 4.69) is 4.98 Å². The Labute approximate surface area is 114 Å². The number of nitrogens with two attached hydrogens (primary N) is 1. The topological polar surface area (TPSA) is 76.3 Å². The maximum atomic E-state index is 11.6. The van der Waals surface area contributed by atoms with Crippen molar-refractivity contribution in [2.45, 2.75) is 25.3 Å². The number of hydrogen-bond acceptors (Lipinski definition) is 4. The second kappa shape index (κ2) is 5.98. The van der Waals surface area contributed by atoms with Gasteiger partial charge in [0.05, 0.1) is 11.9 Å². The Kier molecular flexibility index (Phi) is 4.54. The maximum Gasteiger partial charge on any atom is 0.211 e. The lowest BCUT2D eigenvalue weighted by Crippen LogP contribution is -2.40. The van der Waals surface area contributed by atoms with Crippen LogP contribution in [0, 0.1) is 5.92 Å². The summed E-state index contributed by atoms with van der Waals surface area (Å²) in [5.74, 6) is 0.320. The van der Waals surface area contributed by atoms with Crippen LogP contribution in [0.5, 0.6) is 0 Å². The van der Waals surface area contributed by atoms with Crippen LogP contribution in [0.4, 0.5) is 0 Å². The van der Waals surface area contributed by atoms with Crippen molar-refractivity contribution in [1.82, 2.24) is 9.29 Å². The van der Waals surface area contributed by atoms with Gasteiger partial charge in [0.15, 0.2) is 0 Å². The minimum absolute atomic E-state index is 0.120. The van der Waals surface area contributed by atoms with E-state index in [1.807, 2.05) is 18.2 Å². The molecule has 0 saturated carbocycles. The predicted octanol–water partition coefficient (Wildman–Crippen LogP) is 1.14. The van der Waals surface area contributed by atoms with Gasteiger partial charge in [-0.05, 0) is 37.3 Å². The molecule has 2 N–H and O–H groups in total. The molecular weight excluding hydrogens is 262 g/mol. The van der Waals surface area contributed by atoms with Gasteiger partial charge in [0, 0.05) is 25.3 Å². The van der Waals surface area contributed by atoms with Gasteiger partial charge in [-0.2, -0.15) is 0 Å². The van der Waals surface area contributed by atoms with E-state index in [0.29, 0.717) is 19.0 Å². The SMILES string of the molecule is CS(=O)(=O)N1CCCC(CC(N)c2ccccn2)C1. The minimum atomic E-state index is -3.08. The van der Waals surface area contributed by atoms with E-state index in [9.17, 15) is 8.42 Å². The van der Waals surface area contributed by atoms with Gasteiger partial charge < -0.3 is 5.73 Å². The molecular formula is C13H21N3O2S. The normalized spacial score (nSPS) is 23.2. The highest BCUT2D eigenvalue weighted by atomic mass is 32.2. The van der Waals surface area contributed by atoms with Gasteiger partial charge in [0.2, 0.25) is 10.0 Å². The highest BCUT2D eigenvalue weighted by molar-refractivity contribution is 7.88. The molecule has 2 heterocycles. The molecule has 0 amide bonds. The average Bonchev–Trinajstić information content (AvgIpc) is 2.39. The van der Waals surface area contributed by atoms with Crippen LogP contribution in [0.1, 0.15) is 31.0 Å². The van der Waals surface area contributed by atoms with Crippen LogP contribution in [0.25, 0.3) is 0 Å². The molecule has 0 aromatic carbocycles. The van der Waals surface area contributed by atoms with E-state index in [1.54, 1.807) is 10.5 Å².